The maximum atomic E-state index is 9.56. The molecule has 1 saturated heterocycles. The molecular weight excluding hydrogens is 260 g/mol. The minimum Gasteiger partial charge on any atom is -0.373 e. The van der Waals surface area contributed by atoms with Crippen LogP contribution in [0.1, 0.15) is 60.3 Å². The molecule has 1 aliphatic carbocycles. The van der Waals surface area contributed by atoms with Gasteiger partial charge in [0.25, 0.3) is 0 Å². The number of ether oxygens (including phenoxy) is 1. The second kappa shape index (κ2) is 6.67. The van der Waals surface area contributed by atoms with Crippen LogP contribution >= 0.6 is 0 Å². The van der Waals surface area contributed by atoms with Crippen LogP contribution in [0, 0.1) is 28.6 Å². The van der Waals surface area contributed by atoms with E-state index in [1.165, 1.54) is 19.3 Å². The lowest BCUT2D eigenvalue weighted by atomic mass is 9.66. The van der Waals surface area contributed by atoms with Crippen molar-refractivity contribution in [2.45, 2.75) is 78.6 Å². The molecule has 3 unspecified atom stereocenters. The lowest BCUT2D eigenvalue weighted by Gasteiger charge is -2.48. The van der Waals surface area contributed by atoms with Crippen LogP contribution in [0.25, 0.3) is 0 Å². The van der Waals surface area contributed by atoms with Gasteiger partial charge in [-0.3, -0.25) is 4.90 Å². The summed E-state index contributed by atoms with van der Waals surface area (Å²) in [6.45, 7) is 13.3. The highest BCUT2D eigenvalue weighted by molar-refractivity contribution is 5.00. The molecule has 0 aromatic rings. The topological polar surface area (TPSA) is 36.3 Å². The third-order valence-electron chi connectivity index (χ3n) is 5.92. The molecule has 3 heteroatoms. The number of nitrogens with zero attached hydrogens (tertiary/aromatic N) is 2. The molecular formula is C18H32N2O. The maximum Gasteiger partial charge on any atom is 0.0678 e. The van der Waals surface area contributed by atoms with E-state index in [-0.39, 0.29) is 18.1 Å². The molecule has 0 amide bonds. The SMILES string of the molecule is CCC(C)(C)C1CCC(C#N)C(N2C[C@@H](C)O[C@@H](C)C2)C1. The molecule has 1 aliphatic heterocycles. The molecule has 0 radical (unpaired) electrons. The standard InChI is InChI=1S/C18H32N2O/c1-6-18(4,5)16-8-7-15(10-19)17(9-16)20-11-13(2)21-14(3)12-20/h13-17H,6-9,11-12H2,1-5H3/t13-,14+,15?,16?,17?. The largest absolute Gasteiger partial charge is 0.373 e. The van der Waals surface area contributed by atoms with Crippen LogP contribution in [0.5, 0.6) is 0 Å². The molecule has 3 nitrogen and oxygen atoms in total. The zero-order valence-corrected chi connectivity index (χ0v) is 14.4. The fourth-order valence-electron chi connectivity index (χ4n) is 4.19. The van der Waals surface area contributed by atoms with E-state index in [4.69, 9.17) is 4.74 Å². The normalized spacial score (nSPS) is 39.0. The summed E-state index contributed by atoms with van der Waals surface area (Å²) in [7, 11) is 0. The van der Waals surface area contributed by atoms with Gasteiger partial charge in [-0.25, -0.2) is 0 Å². The first kappa shape index (κ1) is 16.8. The zero-order chi connectivity index (χ0) is 15.6. The van der Waals surface area contributed by atoms with E-state index >= 15 is 0 Å². The lowest BCUT2D eigenvalue weighted by molar-refractivity contribution is -0.0943. The first-order chi connectivity index (χ1) is 9.87. The van der Waals surface area contributed by atoms with Crippen LogP contribution in [0.3, 0.4) is 0 Å². The third kappa shape index (κ3) is 3.79. The first-order valence-electron chi connectivity index (χ1n) is 8.66. The van der Waals surface area contributed by atoms with Crippen molar-refractivity contribution in [3.63, 3.8) is 0 Å². The summed E-state index contributed by atoms with van der Waals surface area (Å²) in [6, 6.07) is 3.01. The second-order valence-corrected chi connectivity index (χ2v) is 7.87. The van der Waals surface area contributed by atoms with E-state index in [1.54, 1.807) is 0 Å². The summed E-state index contributed by atoms with van der Waals surface area (Å²) < 4.78 is 5.87. The number of morpholine rings is 1. The zero-order valence-electron chi connectivity index (χ0n) is 14.4. The van der Waals surface area contributed by atoms with Gasteiger partial charge in [0.2, 0.25) is 0 Å². The van der Waals surface area contributed by atoms with Gasteiger partial charge < -0.3 is 4.74 Å². The van der Waals surface area contributed by atoms with E-state index in [0.29, 0.717) is 11.5 Å². The molecule has 21 heavy (non-hydrogen) atoms. The highest BCUT2D eigenvalue weighted by Crippen LogP contribution is 2.43. The molecule has 2 aliphatic rings. The van der Waals surface area contributed by atoms with E-state index < -0.39 is 0 Å². The van der Waals surface area contributed by atoms with Crippen LogP contribution in [0.2, 0.25) is 0 Å². The van der Waals surface area contributed by atoms with Gasteiger partial charge in [-0.15, -0.1) is 0 Å². The second-order valence-electron chi connectivity index (χ2n) is 7.87. The van der Waals surface area contributed by atoms with Crippen molar-refractivity contribution in [3.8, 4) is 6.07 Å². The fourth-order valence-corrected chi connectivity index (χ4v) is 4.19. The van der Waals surface area contributed by atoms with E-state index in [9.17, 15) is 5.26 Å². The van der Waals surface area contributed by atoms with Gasteiger partial charge in [-0.2, -0.15) is 5.26 Å². The van der Waals surface area contributed by atoms with Gasteiger partial charge >= 0.3 is 0 Å². The van der Waals surface area contributed by atoms with Crippen molar-refractivity contribution >= 4 is 0 Å². The van der Waals surface area contributed by atoms with Gasteiger partial charge in [-0.1, -0.05) is 27.2 Å². The number of rotatable bonds is 3. The monoisotopic (exact) mass is 292 g/mol. The minimum absolute atomic E-state index is 0.200. The fraction of sp³-hybridized carbons (Fsp3) is 0.944. The Labute approximate surface area is 130 Å². The Hall–Kier alpha value is -0.590. The molecule has 0 aromatic carbocycles. The van der Waals surface area contributed by atoms with Gasteiger partial charge in [0.1, 0.15) is 0 Å². The van der Waals surface area contributed by atoms with Gasteiger partial charge in [-0.05, 0) is 44.4 Å². The number of hydrogen-bond acceptors (Lipinski definition) is 3. The van der Waals surface area contributed by atoms with Crippen LogP contribution < -0.4 is 0 Å². The van der Waals surface area contributed by atoms with Crippen LogP contribution in [0.4, 0.5) is 0 Å². The molecule has 5 atom stereocenters. The molecule has 120 valence electrons. The summed E-state index contributed by atoms with van der Waals surface area (Å²) in [6.07, 6.45) is 5.25. The van der Waals surface area contributed by atoms with Crippen molar-refractivity contribution in [2.75, 3.05) is 13.1 Å². The molecule has 0 N–H and O–H groups in total. The minimum atomic E-state index is 0.200. The third-order valence-corrected chi connectivity index (χ3v) is 5.92. The summed E-state index contributed by atoms with van der Waals surface area (Å²) in [4.78, 5) is 2.55. The Morgan fingerprint density at radius 2 is 1.81 bits per heavy atom. The maximum absolute atomic E-state index is 9.56. The van der Waals surface area contributed by atoms with Gasteiger partial charge in [0.15, 0.2) is 0 Å². The van der Waals surface area contributed by atoms with Crippen LogP contribution in [-0.2, 0) is 4.74 Å². The Morgan fingerprint density at radius 1 is 1.19 bits per heavy atom. The number of hydrogen-bond donors (Lipinski definition) is 0. The molecule has 0 bridgehead atoms. The van der Waals surface area contributed by atoms with Crippen molar-refractivity contribution in [1.82, 2.24) is 4.90 Å². The van der Waals surface area contributed by atoms with E-state index in [0.717, 1.165) is 25.4 Å². The van der Waals surface area contributed by atoms with Gasteiger partial charge in [0.05, 0.1) is 24.2 Å². The predicted octanol–water partition coefficient (Wildman–Crippen LogP) is 3.84. The van der Waals surface area contributed by atoms with Crippen LogP contribution in [0.15, 0.2) is 0 Å². The first-order valence-corrected chi connectivity index (χ1v) is 8.66. The summed E-state index contributed by atoms with van der Waals surface area (Å²) in [5, 5.41) is 9.56. The summed E-state index contributed by atoms with van der Waals surface area (Å²) >= 11 is 0. The molecule has 2 rings (SSSR count). The molecule has 2 fully saturated rings. The smallest absolute Gasteiger partial charge is 0.0678 e. The van der Waals surface area contributed by atoms with E-state index in [2.05, 4.69) is 45.6 Å². The Balaban J connectivity index is 2.12. The average Bonchev–Trinajstić information content (AvgIpc) is 2.45. The molecule has 0 aromatic heterocycles. The van der Waals surface area contributed by atoms with Crippen molar-refractivity contribution in [2.24, 2.45) is 17.3 Å². The quantitative estimate of drug-likeness (QED) is 0.793. The summed E-state index contributed by atoms with van der Waals surface area (Å²) in [5.74, 6) is 0.942. The summed E-state index contributed by atoms with van der Waals surface area (Å²) in [5.41, 5.74) is 0.391. The van der Waals surface area contributed by atoms with Gasteiger partial charge in [0, 0.05) is 19.1 Å². The molecule has 1 saturated carbocycles. The highest BCUT2D eigenvalue weighted by Gasteiger charge is 2.41. The lowest BCUT2D eigenvalue weighted by Crippen LogP contribution is -2.54. The van der Waals surface area contributed by atoms with Crippen molar-refractivity contribution < 1.29 is 4.74 Å². The molecule has 0 spiro atoms. The van der Waals surface area contributed by atoms with Crippen molar-refractivity contribution in [3.05, 3.63) is 0 Å². The average molecular weight is 292 g/mol. The predicted molar refractivity (Wildman–Crippen MR) is 85.9 cm³/mol. The van der Waals surface area contributed by atoms with E-state index in [1.807, 2.05) is 0 Å². The Kier molecular flexibility index (Phi) is 5.33. The van der Waals surface area contributed by atoms with Crippen molar-refractivity contribution in [1.29, 1.82) is 5.26 Å². The Morgan fingerprint density at radius 3 is 2.33 bits per heavy atom. The number of nitriles is 1. The highest BCUT2D eigenvalue weighted by atomic mass is 16.5. The Bertz CT molecular complexity index is 377. The van der Waals surface area contributed by atoms with Crippen LogP contribution in [-0.4, -0.2) is 36.2 Å². The molecule has 1 heterocycles.